The highest BCUT2D eigenvalue weighted by atomic mass is 32.2. The fourth-order valence-corrected chi connectivity index (χ4v) is 7.16. The molecule has 40 heavy (non-hydrogen) atoms. The lowest BCUT2D eigenvalue weighted by molar-refractivity contribution is 0.305. The molecule has 0 saturated heterocycles. The van der Waals surface area contributed by atoms with E-state index in [1.807, 2.05) is 11.8 Å². The first-order valence-corrected chi connectivity index (χ1v) is 16.7. The number of thioether (sulfide) groups is 1. The Bertz CT molecular complexity index is 1360. The Kier molecular flexibility index (Phi) is 11.4. The van der Waals surface area contributed by atoms with Crippen LogP contribution in [0.4, 0.5) is 5.69 Å². The van der Waals surface area contributed by atoms with Gasteiger partial charge in [0.1, 0.15) is 0 Å². The van der Waals surface area contributed by atoms with Gasteiger partial charge in [0.05, 0.1) is 0 Å². The smallest absolute Gasteiger partial charge is 0.0369 e. The highest BCUT2D eigenvalue weighted by Crippen LogP contribution is 2.35. The molecule has 0 N–H and O–H groups in total. The number of benzene rings is 2. The normalized spacial score (nSPS) is 14.4. The van der Waals surface area contributed by atoms with E-state index in [0.29, 0.717) is 0 Å². The lowest BCUT2D eigenvalue weighted by atomic mass is 9.82. The molecular weight excluding hydrogens is 504 g/mol. The first-order valence-electron chi connectivity index (χ1n) is 15.7. The maximum atomic E-state index is 2.53. The Labute approximate surface area is 248 Å². The third-order valence-electron chi connectivity index (χ3n) is 8.64. The van der Waals surface area contributed by atoms with Crippen LogP contribution in [0.15, 0.2) is 71.2 Å². The molecule has 2 aromatic carbocycles. The minimum atomic E-state index is 0.998. The van der Waals surface area contributed by atoms with Crippen LogP contribution in [0.3, 0.4) is 0 Å². The molecule has 0 atom stereocenters. The first-order chi connectivity index (χ1) is 19.6. The molecule has 2 aliphatic rings. The van der Waals surface area contributed by atoms with Gasteiger partial charge in [-0.2, -0.15) is 0 Å². The van der Waals surface area contributed by atoms with Gasteiger partial charge in [0, 0.05) is 18.8 Å². The lowest BCUT2D eigenvalue weighted by Crippen LogP contribution is -2.26. The van der Waals surface area contributed by atoms with Gasteiger partial charge in [-0.05, 0) is 133 Å². The molecule has 2 nitrogen and oxygen atoms in total. The maximum Gasteiger partial charge on any atom is 0.0369 e. The van der Waals surface area contributed by atoms with E-state index >= 15 is 0 Å². The molecule has 0 aliphatic heterocycles. The molecule has 0 saturated carbocycles. The van der Waals surface area contributed by atoms with E-state index in [1.54, 1.807) is 5.57 Å². The average Bonchev–Trinajstić information content (AvgIpc) is 3.22. The van der Waals surface area contributed by atoms with E-state index in [-0.39, 0.29) is 0 Å². The van der Waals surface area contributed by atoms with Crippen LogP contribution in [-0.4, -0.2) is 43.4 Å². The predicted molar refractivity (Wildman–Crippen MR) is 180 cm³/mol. The summed E-state index contributed by atoms with van der Waals surface area (Å²) < 4.78 is 0. The Morgan fingerprint density at radius 3 is 2.33 bits per heavy atom. The maximum absolute atomic E-state index is 2.53. The van der Waals surface area contributed by atoms with Gasteiger partial charge >= 0.3 is 0 Å². The fraction of sp³-hybridized carbons (Fsp3) is 0.459. The van der Waals surface area contributed by atoms with Gasteiger partial charge in [-0.25, -0.2) is 0 Å². The summed E-state index contributed by atoms with van der Waals surface area (Å²) in [5.74, 6) is 1.18. The molecule has 2 aliphatic carbocycles. The monoisotopic (exact) mass is 554 g/mol. The summed E-state index contributed by atoms with van der Waals surface area (Å²) in [6, 6.07) is 14.5. The van der Waals surface area contributed by atoms with E-state index in [4.69, 9.17) is 0 Å². The zero-order chi connectivity index (χ0) is 28.5. The van der Waals surface area contributed by atoms with Gasteiger partial charge in [-0.15, -0.1) is 11.8 Å². The molecule has 0 heterocycles. The Hall–Kier alpha value is -2.49. The van der Waals surface area contributed by atoms with Crippen molar-refractivity contribution in [2.45, 2.75) is 73.6 Å². The number of hydrogen-bond acceptors (Lipinski definition) is 3. The summed E-state index contributed by atoms with van der Waals surface area (Å²) in [4.78, 5) is 6.47. The fourth-order valence-electron chi connectivity index (χ4n) is 6.20. The lowest BCUT2D eigenvalue weighted by Gasteiger charge is -2.26. The molecular formula is C37H50N2S. The number of fused-ring (bicyclic) bond motifs is 2. The summed E-state index contributed by atoms with van der Waals surface area (Å²) in [5.41, 5.74) is 9.95. The van der Waals surface area contributed by atoms with Crippen molar-refractivity contribution in [2.75, 3.05) is 43.4 Å². The SMILES string of the molecule is CCC(CC)=c1ccc2c(c1)Cc1cc(N(CC)CC)ccc1C=2C1=CC=CCC(SCCCN(CC)CC)=C1. The van der Waals surface area contributed by atoms with Gasteiger partial charge in [0.15, 0.2) is 0 Å². The first kappa shape index (κ1) is 30.5. The Balaban J connectivity index is 1.79. The highest BCUT2D eigenvalue weighted by molar-refractivity contribution is 8.03. The van der Waals surface area contributed by atoms with E-state index in [1.165, 1.54) is 67.6 Å². The molecule has 214 valence electrons. The molecule has 0 aromatic heterocycles. The zero-order valence-electron chi connectivity index (χ0n) is 25.9. The standard InChI is InChI=1S/C37H50N2S/c1-7-28(8-2)29-18-20-35-31(24-29)25-32-26-33(39(11-5)12-6)19-21-36(32)37(35)30-16-13-14-17-34(27-30)40-23-15-22-38(9-3)10-4/h13-14,16,18-21,24,26-27H,7-12,15,17,22-23,25H2,1-6H3. The van der Waals surface area contributed by atoms with E-state index < -0.39 is 0 Å². The molecule has 0 spiro atoms. The number of rotatable bonds is 13. The van der Waals surface area contributed by atoms with Crippen LogP contribution in [0.5, 0.6) is 0 Å². The van der Waals surface area contributed by atoms with E-state index in [2.05, 4.69) is 112 Å². The summed E-state index contributed by atoms with van der Waals surface area (Å²) in [6.45, 7) is 19.2. The summed E-state index contributed by atoms with van der Waals surface area (Å²) in [5, 5.41) is 2.82. The topological polar surface area (TPSA) is 6.48 Å². The van der Waals surface area contributed by atoms with Crippen LogP contribution in [-0.2, 0) is 6.42 Å². The number of anilines is 1. The van der Waals surface area contributed by atoms with Gasteiger partial charge in [0.2, 0.25) is 0 Å². The van der Waals surface area contributed by atoms with Crippen molar-refractivity contribution in [1.29, 1.82) is 0 Å². The third kappa shape index (κ3) is 7.04. The average molecular weight is 555 g/mol. The Morgan fingerprint density at radius 1 is 0.850 bits per heavy atom. The number of hydrogen-bond donors (Lipinski definition) is 0. The van der Waals surface area contributed by atoms with Crippen molar-refractivity contribution in [1.82, 2.24) is 4.90 Å². The summed E-state index contributed by atoms with van der Waals surface area (Å²) >= 11 is 2.05. The predicted octanol–water partition coefficient (Wildman–Crippen LogP) is 7.84. The van der Waals surface area contributed by atoms with Crippen molar-refractivity contribution >= 4 is 28.6 Å². The van der Waals surface area contributed by atoms with E-state index in [0.717, 1.165) is 51.9 Å². The summed E-state index contributed by atoms with van der Waals surface area (Å²) in [7, 11) is 0. The third-order valence-corrected chi connectivity index (χ3v) is 9.79. The summed E-state index contributed by atoms with van der Waals surface area (Å²) in [6.07, 6.45) is 14.9. The van der Waals surface area contributed by atoms with Crippen LogP contribution in [0, 0.1) is 0 Å². The molecule has 0 fully saturated rings. The highest BCUT2D eigenvalue weighted by Gasteiger charge is 2.21. The molecule has 0 bridgehead atoms. The Morgan fingerprint density at radius 2 is 1.62 bits per heavy atom. The van der Waals surface area contributed by atoms with Crippen molar-refractivity contribution in [2.24, 2.45) is 0 Å². The van der Waals surface area contributed by atoms with Gasteiger partial charge < -0.3 is 9.80 Å². The second-order valence-electron chi connectivity index (χ2n) is 10.8. The zero-order valence-corrected chi connectivity index (χ0v) is 26.7. The van der Waals surface area contributed by atoms with Crippen molar-refractivity contribution < 1.29 is 0 Å². The minimum absolute atomic E-state index is 0.998. The van der Waals surface area contributed by atoms with E-state index in [9.17, 15) is 0 Å². The molecule has 4 rings (SSSR count). The van der Waals surface area contributed by atoms with Gasteiger partial charge in [-0.1, -0.05) is 75.8 Å². The second kappa shape index (κ2) is 14.9. The van der Waals surface area contributed by atoms with Gasteiger partial charge in [0.25, 0.3) is 0 Å². The molecule has 0 amide bonds. The van der Waals surface area contributed by atoms with Crippen LogP contribution >= 0.6 is 11.8 Å². The van der Waals surface area contributed by atoms with Crippen LogP contribution in [0.25, 0.3) is 11.1 Å². The van der Waals surface area contributed by atoms with Crippen molar-refractivity contribution in [3.63, 3.8) is 0 Å². The number of nitrogens with zero attached hydrogens (tertiary/aromatic N) is 2. The van der Waals surface area contributed by atoms with Crippen molar-refractivity contribution in [3.05, 3.63) is 98.3 Å². The van der Waals surface area contributed by atoms with Crippen LogP contribution < -0.4 is 15.3 Å². The number of allylic oxidation sites excluding steroid dienone is 6. The van der Waals surface area contributed by atoms with Crippen LogP contribution in [0.1, 0.15) is 83.9 Å². The van der Waals surface area contributed by atoms with Crippen LogP contribution in [0.2, 0.25) is 0 Å². The molecule has 2 aromatic rings. The largest absolute Gasteiger partial charge is 0.372 e. The van der Waals surface area contributed by atoms with Gasteiger partial charge in [-0.3, -0.25) is 0 Å². The molecule has 0 unspecified atom stereocenters. The quantitative estimate of drug-likeness (QED) is 0.233. The second-order valence-corrected chi connectivity index (χ2v) is 12.1. The molecule has 3 heteroatoms. The molecule has 0 radical (unpaired) electrons. The van der Waals surface area contributed by atoms with Crippen molar-refractivity contribution in [3.8, 4) is 0 Å². The minimum Gasteiger partial charge on any atom is -0.372 e.